The predicted molar refractivity (Wildman–Crippen MR) is 57.7 cm³/mol. The van der Waals surface area contributed by atoms with Crippen molar-refractivity contribution in [2.75, 3.05) is 13.7 Å². The van der Waals surface area contributed by atoms with Crippen LogP contribution in [0.5, 0.6) is 0 Å². The molecule has 2 fully saturated rings. The van der Waals surface area contributed by atoms with E-state index in [9.17, 15) is 9.59 Å². The lowest BCUT2D eigenvalue weighted by molar-refractivity contribution is -0.144. The summed E-state index contributed by atoms with van der Waals surface area (Å²) < 4.78 is 4.76. The Morgan fingerprint density at radius 1 is 1.50 bits per heavy atom. The van der Waals surface area contributed by atoms with Crippen LogP contribution in [0.3, 0.4) is 0 Å². The van der Waals surface area contributed by atoms with Crippen molar-refractivity contribution in [3.05, 3.63) is 0 Å². The highest BCUT2D eigenvalue weighted by Crippen LogP contribution is 2.33. The molecular weight excluding hydrogens is 208 g/mol. The molecule has 1 saturated carbocycles. The van der Waals surface area contributed by atoms with Crippen LogP contribution in [0, 0.1) is 5.92 Å². The number of methoxy groups -OCH3 is 1. The molecule has 0 aromatic heterocycles. The highest BCUT2D eigenvalue weighted by Gasteiger charge is 2.39. The Morgan fingerprint density at radius 3 is 2.81 bits per heavy atom. The number of amides is 1. The van der Waals surface area contributed by atoms with Gasteiger partial charge in [0.05, 0.1) is 13.2 Å². The summed E-state index contributed by atoms with van der Waals surface area (Å²) in [5, 5.41) is 5.93. The van der Waals surface area contributed by atoms with Gasteiger partial charge in [0.2, 0.25) is 5.91 Å². The Bertz CT molecular complexity index is 289. The number of rotatable bonds is 4. The summed E-state index contributed by atoms with van der Waals surface area (Å²) in [6.07, 6.45) is 3.84. The number of nitrogens with one attached hydrogen (secondary N) is 2. The Morgan fingerprint density at radius 2 is 2.25 bits per heavy atom. The van der Waals surface area contributed by atoms with E-state index in [1.807, 2.05) is 0 Å². The largest absolute Gasteiger partial charge is 0.468 e. The van der Waals surface area contributed by atoms with E-state index in [4.69, 9.17) is 4.74 Å². The molecule has 0 radical (unpaired) electrons. The number of hydrogen-bond donors (Lipinski definition) is 2. The molecule has 90 valence electrons. The van der Waals surface area contributed by atoms with Gasteiger partial charge in [-0.05, 0) is 31.6 Å². The first-order valence-electron chi connectivity index (χ1n) is 5.84. The van der Waals surface area contributed by atoms with Gasteiger partial charge < -0.3 is 10.1 Å². The summed E-state index contributed by atoms with van der Waals surface area (Å²) in [6, 6.07) is -0.544. The average Bonchev–Trinajstić information content (AvgIpc) is 3.11. The standard InChI is InChI=1S/C11H18N2O3/c1-16-11(15)9(7-4-5-7)13-8-3-2-6-12-10(8)14/h7-9,13H,2-6H2,1H3,(H,12,14). The zero-order chi connectivity index (χ0) is 11.5. The van der Waals surface area contributed by atoms with E-state index >= 15 is 0 Å². The molecule has 5 heteroatoms. The fourth-order valence-electron chi connectivity index (χ4n) is 2.10. The molecule has 1 saturated heterocycles. The SMILES string of the molecule is COC(=O)C(NC1CCCNC1=O)C1CC1. The van der Waals surface area contributed by atoms with E-state index in [0.29, 0.717) is 5.92 Å². The quantitative estimate of drug-likeness (QED) is 0.652. The smallest absolute Gasteiger partial charge is 0.323 e. The zero-order valence-corrected chi connectivity index (χ0v) is 9.49. The van der Waals surface area contributed by atoms with Crippen LogP contribution >= 0.6 is 0 Å². The van der Waals surface area contributed by atoms with Crippen LogP contribution in [-0.2, 0) is 14.3 Å². The lowest BCUT2D eigenvalue weighted by Crippen LogP contribution is -2.54. The lowest BCUT2D eigenvalue weighted by atomic mass is 10.0. The van der Waals surface area contributed by atoms with Gasteiger partial charge in [0, 0.05) is 6.54 Å². The van der Waals surface area contributed by atoms with Crippen LogP contribution in [-0.4, -0.2) is 37.6 Å². The van der Waals surface area contributed by atoms with Gasteiger partial charge in [0.15, 0.2) is 0 Å². The number of carbonyl (C=O) groups excluding carboxylic acids is 2. The molecule has 2 aliphatic rings. The van der Waals surface area contributed by atoms with Gasteiger partial charge in [-0.3, -0.25) is 14.9 Å². The van der Waals surface area contributed by atoms with Gasteiger partial charge in [0.1, 0.15) is 6.04 Å². The van der Waals surface area contributed by atoms with E-state index in [1.165, 1.54) is 7.11 Å². The molecule has 2 N–H and O–H groups in total. The summed E-state index contributed by atoms with van der Waals surface area (Å²) in [4.78, 5) is 23.1. The van der Waals surface area contributed by atoms with Crippen molar-refractivity contribution in [3.8, 4) is 0 Å². The fraction of sp³-hybridized carbons (Fsp3) is 0.818. The summed E-state index contributed by atoms with van der Waals surface area (Å²) in [5.41, 5.74) is 0. The number of hydrogen-bond acceptors (Lipinski definition) is 4. The van der Waals surface area contributed by atoms with Crippen LogP contribution < -0.4 is 10.6 Å². The lowest BCUT2D eigenvalue weighted by Gasteiger charge is -2.26. The molecule has 1 heterocycles. The fourth-order valence-corrected chi connectivity index (χ4v) is 2.10. The molecule has 2 rings (SSSR count). The van der Waals surface area contributed by atoms with Crippen LogP contribution in [0.25, 0.3) is 0 Å². The first kappa shape index (κ1) is 11.4. The van der Waals surface area contributed by atoms with Crippen molar-refractivity contribution in [2.45, 2.75) is 37.8 Å². The monoisotopic (exact) mass is 226 g/mol. The maximum atomic E-state index is 11.6. The van der Waals surface area contributed by atoms with Crippen LogP contribution in [0.1, 0.15) is 25.7 Å². The average molecular weight is 226 g/mol. The second-order valence-electron chi connectivity index (χ2n) is 4.49. The van der Waals surface area contributed by atoms with Gasteiger partial charge in [-0.15, -0.1) is 0 Å². The zero-order valence-electron chi connectivity index (χ0n) is 9.49. The van der Waals surface area contributed by atoms with E-state index in [2.05, 4.69) is 10.6 Å². The second kappa shape index (κ2) is 4.82. The van der Waals surface area contributed by atoms with E-state index in [0.717, 1.165) is 32.2 Å². The number of carbonyl (C=O) groups is 2. The van der Waals surface area contributed by atoms with Gasteiger partial charge in [-0.2, -0.15) is 0 Å². The Labute approximate surface area is 94.9 Å². The van der Waals surface area contributed by atoms with Crippen LogP contribution in [0.2, 0.25) is 0 Å². The number of esters is 1. The summed E-state index contributed by atoms with van der Waals surface area (Å²) in [5.74, 6) is 0.101. The third-order valence-electron chi connectivity index (χ3n) is 3.21. The Kier molecular flexibility index (Phi) is 3.43. The number of ether oxygens (including phenoxy) is 1. The molecule has 0 bridgehead atoms. The molecule has 0 aromatic rings. The third kappa shape index (κ3) is 2.52. The van der Waals surface area contributed by atoms with Crippen LogP contribution in [0.4, 0.5) is 0 Å². The van der Waals surface area contributed by atoms with Gasteiger partial charge >= 0.3 is 5.97 Å². The molecule has 5 nitrogen and oxygen atoms in total. The normalized spacial score (nSPS) is 27.1. The maximum Gasteiger partial charge on any atom is 0.323 e. The van der Waals surface area contributed by atoms with Crippen molar-refractivity contribution >= 4 is 11.9 Å². The van der Waals surface area contributed by atoms with Gasteiger partial charge in [0.25, 0.3) is 0 Å². The molecule has 0 aromatic carbocycles. The topological polar surface area (TPSA) is 67.4 Å². The molecule has 1 aliphatic carbocycles. The molecule has 2 atom stereocenters. The second-order valence-corrected chi connectivity index (χ2v) is 4.49. The third-order valence-corrected chi connectivity index (χ3v) is 3.21. The maximum absolute atomic E-state index is 11.6. The minimum atomic E-state index is -0.307. The summed E-state index contributed by atoms with van der Waals surface area (Å²) >= 11 is 0. The van der Waals surface area contributed by atoms with Crippen LogP contribution in [0.15, 0.2) is 0 Å². The Balaban J connectivity index is 1.93. The first-order valence-corrected chi connectivity index (χ1v) is 5.84. The highest BCUT2D eigenvalue weighted by atomic mass is 16.5. The first-order chi connectivity index (χ1) is 7.72. The van der Waals surface area contributed by atoms with Crippen molar-refractivity contribution in [3.63, 3.8) is 0 Å². The molecule has 0 spiro atoms. The minimum absolute atomic E-state index is 0.000744. The summed E-state index contributed by atoms with van der Waals surface area (Å²) in [7, 11) is 1.39. The molecule has 1 aliphatic heterocycles. The summed E-state index contributed by atoms with van der Waals surface area (Å²) in [6.45, 7) is 0.739. The van der Waals surface area contributed by atoms with E-state index < -0.39 is 0 Å². The minimum Gasteiger partial charge on any atom is -0.468 e. The van der Waals surface area contributed by atoms with Crippen molar-refractivity contribution in [1.82, 2.24) is 10.6 Å². The number of piperidine rings is 1. The Hall–Kier alpha value is -1.10. The molecule has 16 heavy (non-hydrogen) atoms. The van der Waals surface area contributed by atoms with Gasteiger partial charge in [-0.1, -0.05) is 0 Å². The molecule has 1 amide bonds. The molecule has 2 unspecified atom stereocenters. The predicted octanol–water partition coefficient (Wildman–Crippen LogP) is -0.194. The van der Waals surface area contributed by atoms with Gasteiger partial charge in [-0.25, -0.2) is 0 Å². The van der Waals surface area contributed by atoms with E-state index in [-0.39, 0.29) is 24.0 Å². The van der Waals surface area contributed by atoms with Crippen molar-refractivity contribution < 1.29 is 14.3 Å². The highest BCUT2D eigenvalue weighted by molar-refractivity contribution is 5.84. The van der Waals surface area contributed by atoms with Crippen molar-refractivity contribution in [2.24, 2.45) is 5.92 Å². The molecular formula is C11H18N2O3. The van der Waals surface area contributed by atoms with E-state index in [1.54, 1.807) is 0 Å². The van der Waals surface area contributed by atoms with Crippen molar-refractivity contribution in [1.29, 1.82) is 0 Å².